The summed E-state index contributed by atoms with van der Waals surface area (Å²) in [5.74, 6) is 3.08. The van der Waals surface area contributed by atoms with Gasteiger partial charge in [0.2, 0.25) is 5.91 Å². The van der Waals surface area contributed by atoms with Gasteiger partial charge in [0.15, 0.2) is 0 Å². The van der Waals surface area contributed by atoms with Gasteiger partial charge in [-0.15, -0.1) is 12.3 Å². The van der Waals surface area contributed by atoms with Crippen LogP contribution >= 0.6 is 0 Å². The first kappa shape index (κ1) is 11.5. The highest BCUT2D eigenvalue weighted by atomic mass is 16.2. The molecule has 88 valence electrons. The summed E-state index contributed by atoms with van der Waals surface area (Å²) in [6, 6.07) is 0. The molecule has 0 aromatic heterocycles. The highest BCUT2D eigenvalue weighted by Gasteiger charge is 2.27. The molecule has 0 N–H and O–H groups in total. The van der Waals surface area contributed by atoms with E-state index < -0.39 is 0 Å². The van der Waals surface area contributed by atoms with Gasteiger partial charge >= 0.3 is 0 Å². The number of rotatable bonds is 4. The van der Waals surface area contributed by atoms with E-state index in [1.807, 2.05) is 4.90 Å². The molecule has 1 amide bonds. The first-order valence-corrected chi connectivity index (χ1v) is 6.26. The fourth-order valence-corrected chi connectivity index (χ4v) is 2.59. The molecule has 2 aliphatic heterocycles. The minimum Gasteiger partial charge on any atom is -0.341 e. The van der Waals surface area contributed by atoms with E-state index in [-0.39, 0.29) is 11.8 Å². The molecule has 0 aliphatic carbocycles. The van der Waals surface area contributed by atoms with E-state index in [4.69, 9.17) is 6.42 Å². The van der Waals surface area contributed by atoms with Gasteiger partial charge in [0.1, 0.15) is 0 Å². The Morgan fingerprint density at radius 2 is 2.06 bits per heavy atom. The van der Waals surface area contributed by atoms with Gasteiger partial charge in [0.25, 0.3) is 0 Å². The Balaban J connectivity index is 1.66. The number of terminal acetylenes is 1. The van der Waals surface area contributed by atoms with Crippen LogP contribution in [0.1, 0.15) is 25.7 Å². The van der Waals surface area contributed by atoms with Crippen molar-refractivity contribution in [3.8, 4) is 12.3 Å². The molecule has 0 aromatic rings. The first-order chi connectivity index (χ1) is 7.79. The topological polar surface area (TPSA) is 23.6 Å². The number of carbonyl (C=O) groups excluding carboxylic acids is 1. The maximum absolute atomic E-state index is 11.6. The molecule has 16 heavy (non-hydrogen) atoms. The number of carbonyl (C=O) groups is 1. The Kier molecular flexibility index (Phi) is 3.84. The highest BCUT2D eigenvalue weighted by molar-refractivity contribution is 5.79. The molecule has 0 spiro atoms. The van der Waals surface area contributed by atoms with Gasteiger partial charge in [-0.2, -0.15) is 0 Å². The zero-order valence-corrected chi connectivity index (χ0v) is 9.82. The van der Waals surface area contributed by atoms with Crippen molar-refractivity contribution in [3.05, 3.63) is 0 Å². The predicted octanol–water partition coefficient (Wildman–Crippen LogP) is 0.954. The third-order valence-electron chi connectivity index (χ3n) is 3.55. The first-order valence-electron chi connectivity index (χ1n) is 6.26. The lowest BCUT2D eigenvalue weighted by atomic mass is 10.1. The molecule has 0 bridgehead atoms. The summed E-state index contributed by atoms with van der Waals surface area (Å²) in [7, 11) is 0. The second kappa shape index (κ2) is 5.36. The Labute approximate surface area is 97.8 Å². The minimum atomic E-state index is 0.152. The molecule has 2 aliphatic rings. The van der Waals surface area contributed by atoms with Crippen LogP contribution in [0.2, 0.25) is 0 Å². The Morgan fingerprint density at radius 1 is 1.31 bits per heavy atom. The molecule has 2 fully saturated rings. The lowest BCUT2D eigenvalue weighted by molar-refractivity contribution is -0.127. The van der Waals surface area contributed by atoms with Crippen molar-refractivity contribution in [1.82, 2.24) is 9.80 Å². The van der Waals surface area contributed by atoms with Crippen molar-refractivity contribution in [3.63, 3.8) is 0 Å². The molecule has 1 unspecified atom stereocenters. The van der Waals surface area contributed by atoms with Gasteiger partial charge in [-0.05, 0) is 38.9 Å². The molecular formula is C13H20N2O. The summed E-state index contributed by atoms with van der Waals surface area (Å²) in [5, 5.41) is 0. The van der Waals surface area contributed by atoms with E-state index in [9.17, 15) is 4.79 Å². The fourth-order valence-electron chi connectivity index (χ4n) is 2.59. The van der Waals surface area contributed by atoms with Crippen LogP contribution in [-0.4, -0.2) is 48.4 Å². The molecular weight excluding hydrogens is 200 g/mol. The molecule has 1 atom stereocenters. The standard InChI is InChI=1S/C13H20N2O/c1-2-12-10-13(16)15(11-12)9-5-8-14-6-3-4-7-14/h1,12H,3-11H2. The molecule has 3 heteroatoms. The van der Waals surface area contributed by atoms with Crippen LogP contribution in [0.25, 0.3) is 0 Å². The van der Waals surface area contributed by atoms with Crippen LogP contribution in [0, 0.1) is 18.3 Å². The van der Waals surface area contributed by atoms with Crippen molar-refractivity contribution in [1.29, 1.82) is 0 Å². The van der Waals surface area contributed by atoms with E-state index in [2.05, 4.69) is 10.8 Å². The van der Waals surface area contributed by atoms with Crippen LogP contribution in [0.15, 0.2) is 0 Å². The van der Waals surface area contributed by atoms with Gasteiger partial charge in [-0.1, -0.05) is 0 Å². The maximum Gasteiger partial charge on any atom is 0.223 e. The quantitative estimate of drug-likeness (QED) is 0.659. The summed E-state index contributed by atoms with van der Waals surface area (Å²) in [4.78, 5) is 16.0. The van der Waals surface area contributed by atoms with E-state index >= 15 is 0 Å². The summed E-state index contributed by atoms with van der Waals surface area (Å²) >= 11 is 0. The Hall–Kier alpha value is -1.01. The predicted molar refractivity (Wildman–Crippen MR) is 63.8 cm³/mol. The molecule has 0 aromatic carbocycles. The molecule has 0 radical (unpaired) electrons. The largest absolute Gasteiger partial charge is 0.341 e. The molecule has 0 saturated carbocycles. The summed E-state index contributed by atoms with van der Waals surface area (Å²) in [6.07, 6.45) is 9.66. The van der Waals surface area contributed by atoms with Gasteiger partial charge < -0.3 is 9.80 Å². The van der Waals surface area contributed by atoms with Gasteiger partial charge in [-0.25, -0.2) is 0 Å². The molecule has 2 rings (SSSR count). The zero-order chi connectivity index (χ0) is 11.4. The van der Waals surface area contributed by atoms with E-state index in [0.29, 0.717) is 6.42 Å². The monoisotopic (exact) mass is 220 g/mol. The highest BCUT2D eigenvalue weighted by Crippen LogP contribution is 2.17. The normalized spacial score (nSPS) is 26.3. The third-order valence-corrected chi connectivity index (χ3v) is 3.55. The Bertz CT molecular complexity index is 289. The lowest BCUT2D eigenvalue weighted by Crippen LogP contribution is -2.29. The molecule has 2 heterocycles. The number of likely N-dealkylation sites (tertiary alicyclic amines) is 2. The van der Waals surface area contributed by atoms with E-state index in [1.54, 1.807) is 0 Å². The average Bonchev–Trinajstić information content (AvgIpc) is 2.89. The number of hydrogen-bond acceptors (Lipinski definition) is 2. The van der Waals surface area contributed by atoms with Crippen LogP contribution in [0.3, 0.4) is 0 Å². The number of amides is 1. The smallest absolute Gasteiger partial charge is 0.223 e. The van der Waals surface area contributed by atoms with Crippen LogP contribution in [0.5, 0.6) is 0 Å². The van der Waals surface area contributed by atoms with Crippen molar-refractivity contribution in [2.24, 2.45) is 5.92 Å². The zero-order valence-electron chi connectivity index (χ0n) is 9.82. The summed E-state index contributed by atoms with van der Waals surface area (Å²) in [5.41, 5.74) is 0. The summed E-state index contributed by atoms with van der Waals surface area (Å²) < 4.78 is 0. The fraction of sp³-hybridized carbons (Fsp3) is 0.769. The van der Waals surface area contributed by atoms with Crippen LogP contribution < -0.4 is 0 Å². The Morgan fingerprint density at radius 3 is 2.69 bits per heavy atom. The van der Waals surface area contributed by atoms with Gasteiger partial charge in [-0.3, -0.25) is 4.79 Å². The van der Waals surface area contributed by atoms with Gasteiger partial charge in [0, 0.05) is 25.4 Å². The lowest BCUT2D eigenvalue weighted by Gasteiger charge is -2.19. The van der Waals surface area contributed by atoms with Crippen molar-refractivity contribution < 1.29 is 4.79 Å². The number of nitrogens with zero attached hydrogens (tertiary/aromatic N) is 2. The minimum absolute atomic E-state index is 0.152. The third kappa shape index (κ3) is 2.76. The van der Waals surface area contributed by atoms with Crippen molar-refractivity contribution in [2.45, 2.75) is 25.7 Å². The maximum atomic E-state index is 11.6. The van der Waals surface area contributed by atoms with Crippen molar-refractivity contribution >= 4 is 5.91 Å². The SMILES string of the molecule is C#CC1CC(=O)N(CCCN2CCCC2)C1. The van der Waals surface area contributed by atoms with E-state index in [0.717, 1.165) is 26.1 Å². The van der Waals surface area contributed by atoms with Gasteiger partial charge in [0.05, 0.1) is 0 Å². The molecule has 2 saturated heterocycles. The second-order valence-electron chi connectivity index (χ2n) is 4.81. The second-order valence-corrected chi connectivity index (χ2v) is 4.81. The van der Waals surface area contributed by atoms with E-state index in [1.165, 1.54) is 25.9 Å². The summed E-state index contributed by atoms with van der Waals surface area (Å²) in [6.45, 7) is 5.26. The number of hydrogen-bond donors (Lipinski definition) is 0. The van der Waals surface area contributed by atoms with Crippen LogP contribution in [0.4, 0.5) is 0 Å². The average molecular weight is 220 g/mol. The van der Waals surface area contributed by atoms with Crippen molar-refractivity contribution in [2.75, 3.05) is 32.7 Å². The van der Waals surface area contributed by atoms with Crippen LogP contribution in [-0.2, 0) is 4.79 Å². The molecule has 3 nitrogen and oxygen atoms in total.